The van der Waals surface area contributed by atoms with E-state index in [1.54, 1.807) is 0 Å². The van der Waals surface area contributed by atoms with Crippen molar-refractivity contribution >= 4 is 11.6 Å². The Labute approximate surface area is 85.6 Å². The summed E-state index contributed by atoms with van der Waals surface area (Å²) >= 11 is 0. The average Bonchev–Trinajstić information content (AvgIpc) is 2.73. The highest BCUT2D eigenvalue weighted by Gasteiger charge is 1.98. The molecule has 0 spiro atoms. The SMILES string of the molecule is Nc1cnc(NCc2ccc[nH]2)[nH]c1=O. The number of nitrogens with two attached hydrogens (primary N) is 1. The zero-order valence-corrected chi connectivity index (χ0v) is 7.95. The lowest BCUT2D eigenvalue weighted by Crippen LogP contribution is -2.15. The molecule has 0 bridgehead atoms. The monoisotopic (exact) mass is 205 g/mol. The predicted octanol–water partition coefficient (Wildman–Crippen LogP) is 0.292. The summed E-state index contributed by atoms with van der Waals surface area (Å²) < 4.78 is 0. The molecular formula is C9H11N5O. The van der Waals surface area contributed by atoms with E-state index in [9.17, 15) is 4.79 Å². The molecule has 0 amide bonds. The molecular weight excluding hydrogens is 194 g/mol. The highest BCUT2D eigenvalue weighted by atomic mass is 16.1. The van der Waals surface area contributed by atoms with E-state index in [4.69, 9.17) is 5.73 Å². The van der Waals surface area contributed by atoms with Crippen molar-refractivity contribution in [1.82, 2.24) is 15.0 Å². The van der Waals surface area contributed by atoms with Crippen LogP contribution in [0.2, 0.25) is 0 Å². The van der Waals surface area contributed by atoms with Gasteiger partial charge in [0, 0.05) is 11.9 Å². The first-order chi connectivity index (χ1) is 7.25. The van der Waals surface area contributed by atoms with Gasteiger partial charge in [0.25, 0.3) is 5.56 Å². The fourth-order valence-corrected chi connectivity index (χ4v) is 1.15. The summed E-state index contributed by atoms with van der Waals surface area (Å²) in [5, 5.41) is 2.96. The van der Waals surface area contributed by atoms with Crippen molar-refractivity contribution in [2.45, 2.75) is 6.54 Å². The largest absolute Gasteiger partial charge is 0.393 e. The van der Waals surface area contributed by atoms with Gasteiger partial charge >= 0.3 is 0 Å². The number of nitrogen functional groups attached to an aromatic ring is 1. The smallest absolute Gasteiger partial charge is 0.275 e. The van der Waals surface area contributed by atoms with Crippen molar-refractivity contribution in [1.29, 1.82) is 0 Å². The number of aromatic amines is 2. The molecule has 0 unspecified atom stereocenters. The summed E-state index contributed by atoms with van der Waals surface area (Å²) in [4.78, 5) is 20.6. The maximum Gasteiger partial charge on any atom is 0.275 e. The molecule has 78 valence electrons. The minimum Gasteiger partial charge on any atom is -0.393 e. The van der Waals surface area contributed by atoms with Gasteiger partial charge in [-0.25, -0.2) is 4.98 Å². The van der Waals surface area contributed by atoms with Crippen LogP contribution in [0.25, 0.3) is 0 Å². The molecule has 2 aromatic heterocycles. The van der Waals surface area contributed by atoms with Crippen molar-refractivity contribution in [2.24, 2.45) is 0 Å². The number of nitrogens with zero attached hydrogens (tertiary/aromatic N) is 1. The van der Waals surface area contributed by atoms with Crippen LogP contribution in [0.5, 0.6) is 0 Å². The van der Waals surface area contributed by atoms with E-state index in [0.29, 0.717) is 12.5 Å². The molecule has 0 saturated carbocycles. The lowest BCUT2D eigenvalue weighted by molar-refractivity contribution is 1.01. The second kappa shape index (κ2) is 3.87. The van der Waals surface area contributed by atoms with Crippen molar-refractivity contribution in [3.8, 4) is 0 Å². The lowest BCUT2D eigenvalue weighted by atomic mass is 10.4. The van der Waals surface area contributed by atoms with Gasteiger partial charge in [0.1, 0.15) is 5.69 Å². The van der Waals surface area contributed by atoms with Gasteiger partial charge in [-0.15, -0.1) is 0 Å². The maximum absolute atomic E-state index is 11.1. The first-order valence-corrected chi connectivity index (χ1v) is 4.46. The Morgan fingerprint density at radius 3 is 3.07 bits per heavy atom. The Bertz CT molecular complexity index is 487. The van der Waals surface area contributed by atoms with Crippen molar-refractivity contribution < 1.29 is 0 Å². The lowest BCUT2D eigenvalue weighted by Gasteiger charge is -2.03. The molecule has 0 saturated heterocycles. The number of anilines is 2. The molecule has 0 aromatic carbocycles. The number of aromatic nitrogens is 3. The standard InChI is InChI=1S/C9H11N5O/c10-7-5-13-9(14-8(7)15)12-4-6-2-1-3-11-6/h1-3,5,11H,4,10H2,(H2,12,13,14,15). The van der Waals surface area contributed by atoms with Gasteiger partial charge in [-0.2, -0.15) is 0 Å². The molecule has 6 heteroatoms. The van der Waals surface area contributed by atoms with Crippen LogP contribution in [0.4, 0.5) is 11.6 Å². The van der Waals surface area contributed by atoms with Crippen LogP contribution >= 0.6 is 0 Å². The average molecular weight is 205 g/mol. The van der Waals surface area contributed by atoms with E-state index in [-0.39, 0.29) is 11.2 Å². The number of hydrogen-bond donors (Lipinski definition) is 4. The molecule has 5 N–H and O–H groups in total. The van der Waals surface area contributed by atoms with Gasteiger partial charge in [0.2, 0.25) is 5.95 Å². The van der Waals surface area contributed by atoms with Crippen molar-refractivity contribution in [3.05, 3.63) is 40.6 Å². The molecule has 0 fully saturated rings. The fraction of sp³-hybridized carbons (Fsp3) is 0.111. The molecule has 15 heavy (non-hydrogen) atoms. The third-order valence-corrected chi connectivity index (χ3v) is 1.94. The van der Waals surface area contributed by atoms with E-state index < -0.39 is 0 Å². The van der Waals surface area contributed by atoms with E-state index >= 15 is 0 Å². The Morgan fingerprint density at radius 2 is 2.40 bits per heavy atom. The van der Waals surface area contributed by atoms with E-state index in [2.05, 4.69) is 20.3 Å². The van der Waals surface area contributed by atoms with Crippen LogP contribution in [0.1, 0.15) is 5.69 Å². The van der Waals surface area contributed by atoms with E-state index in [0.717, 1.165) is 5.69 Å². The molecule has 2 aromatic rings. The van der Waals surface area contributed by atoms with Gasteiger partial charge in [0.05, 0.1) is 12.7 Å². The third-order valence-electron chi connectivity index (χ3n) is 1.94. The number of hydrogen-bond acceptors (Lipinski definition) is 4. The van der Waals surface area contributed by atoms with E-state index in [1.807, 2.05) is 18.3 Å². The van der Waals surface area contributed by atoms with Crippen LogP contribution in [0.15, 0.2) is 29.3 Å². The summed E-state index contributed by atoms with van der Waals surface area (Å²) in [6.07, 6.45) is 3.16. The van der Waals surface area contributed by atoms with Crippen LogP contribution in [0.3, 0.4) is 0 Å². The molecule has 0 aliphatic heterocycles. The minimum atomic E-state index is -0.334. The van der Waals surface area contributed by atoms with Crippen LogP contribution < -0.4 is 16.6 Å². The third kappa shape index (κ3) is 2.16. The minimum absolute atomic E-state index is 0.112. The summed E-state index contributed by atoms with van der Waals surface area (Å²) in [6.45, 7) is 0.569. The summed E-state index contributed by atoms with van der Waals surface area (Å²) in [5.74, 6) is 0.406. The van der Waals surface area contributed by atoms with Gasteiger partial charge in [0.15, 0.2) is 0 Å². The fourth-order valence-electron chi connectivity index (χ4n) is 1.15. The van der Waals surface area contributed by atoms with Crippen LogP contribution in [0, 0.1) is 0 Å². The molecule has 6 nitrogen and oxygen atoms in total. The first-order valence-electron chi connectivity index (χ1n) is 4.46. The highest BCUT2D eigenvalue weighted by Crippen LogP contribution is 2.00. The summed E-state index contributed by atoms with van der Waals surface area (Å²) in [5.41, 5.74) is 6.13. The first kappa shape index (κ1) is 9.32. The molecule has 0 atom stereocenters. The Balaban J connectivity index is 2.06. The normalized spacial score (nSPS) is 10.1. The highest BCUT2D eigenvalue weighted by molar-refractivity contribution is 5.36. The second-order valence-electron chi connectivity index (χ2n) is 3.07. The molecule has 0 aliphatic carbocycles. The maximum atomic E-state index is 11.1. The Kier molecular flexibility index (Phi) is 2.40. The van der Waals surface area contributed by atoms with Gasteiger partial charge in [-0.3, -0.25) is 9.78 Å². The Morgan fingerprint density at radius 1 is 1.53 bits per heavy atom. The number of rotatable bonds is 3. The zero-order valence-electron chi connectivity index (χ0n) is 7.95. The van der Waals surface area contributed by atoms with Crippen LogP contribution in [-0.2, 0) is 6.54 Å². The summed E-state index contributed by atoms with van der Waals surface area (Å²) in [6, 6.07) is 3.83. The number of nitrogens with one attached hydrogen (secondary N) is 3. The molecule has 2 rings (SSSR count). The summed E-state index contributed by atoms with van der Waals surface area (Å²) in [7, 11) is 0. The molecule has 0 radical (unpaired) electrons. The van der Waals surface area contributed by atoms with Crippen molar-refractivity contribution in [2.75, 3.05) is 11.1 Å². The van der Waals surface area contributed by atoms with Gasteiger partial charge in [-0.1, -0.05) is 0 Å². The van der Waals surface area contributed by atoms with Crippen LogP contribution in [-0.4, -0.2) is 15.0 Å². The predicted molar refractivity (Wildman–Crippen MR) is 57.4 cm³/mol. The van der Waals surface area contributed by atoms with Crippen molar-refractivity contribution in [3.63, 3.8) is 0 Å². The Hall–Kier alpha value is -2.24. The molecule has 2 heterocycles. The topological polar surface area (TPSA) is 99.6 Å². The zero-order chi connectivity index (χ0) is 10.7. The van der Waals surface area contributed by atoms with Gasteiger partial charge < -0.3 is 16.0 Å². The quantitative estimate of drug-likeness (QED) is 0.578. The second-order valence-corrected chi connectivity index (χ2v) is 3.07. The molecule has 0 aliphatic rings. The van der Waals surface area contributed by atoms with Gasteiger partial charge in [-0.05, 0) is 12.1 Å². The van der Waals surface area contributed by atoms with E-state index in [1.165, 1.54) is 6.20 Å². The number of H-pyrrole nitrogens is 2.